The molecule has 4 unspecified atom stereocenters. The van der Waals surface area contributed by atoms with Crippen LogP contribution in [0, 0.1) is 23.7 Å². The number of hydrogen-bond donors (Lipinski definition) is 1. The fraction of sp³-hybridized carbons (Fsp3) is 0.586. The third kappa shape index (κ3) is 15.6. The van der Waals surface area contributed by atoms with Crippen molar-refractivity contribution in [1.82, 2.24) is 0 Å². The number of halogens is 1. The van der Waals surface area contributed by atoms with Crippen LogP contribution in [0.1, 0.15) is 87.0 Å². The molecule has 0 aromatic rings. The topological polar surface area (TPSA) is 20.2 Å². The zero-order valence-corrected chi connectivity index (χ0v) is 21.4. The lowest BCUT2D eigenvalue weighted by Crippen LogP contribution is -2.11. The fourth-order valence-corrected chi connectivity index (χ4v) is 2.89. The normalized spacial score (nSPS) is 15.4. The van der Waals surface area contributed by atoms with E-state index in [-0.39, 0.29) is 17.5 Å². The number of allylic oxidation sites excluding steroid dienone is 7. The monoisotopic (exact) mass is 432 g/mol. The van der Waals surface area contributed by atoms with Gasteiger partial charge in [0.25, 0.3) is 0 Å². The van der Waals surface area contributed by atoms with Crippen molar-refractivity contribution >= 4 is 0 Å². The SMILES string of the molecule is C=C(O)/C=C\C(=C)C(=C)/C=C(/F)C(=C)C(C)CCC(C)C(C)CCC(C)CC.CCC. The molecule has 0 aliphatic rings. The molecule has 31 heavy (non-hydrogen) atoms. The summed E-state index contributed by atoms with van der Waals surface area (Å²) in [6, 6.07) is 0. The van der Waals surface area contributed by atoms with Gasteiger partial charge in [-0.25, -0.2) is 4.39 Å². The zero-order chi connectivity index (χ0) is 24.6. The average molecular weight is 433 g/mol. The first-order valence-electron chi connectivity index (χ1n) is 11.9. The molecule has 0 bridgehead atoms. The van der Waals surface area contributed by atoms with Gasteiger partial charge in [0.1, 0.15) is 11.6 Å². The first-order chi connectivity index (χ1) is 14.4. The predicted octanol–water partition coefficient (Wildman–Crippen LogP) is 10.1. The van der Waals surface area contributed by atoms with Crippen LogP contribution in [0.3, 0.4) is 0 Å². The summed E-state index contributed by atoms with van der Waals surface area (Å²) < 4.78 is 14.6. The van der Waals surface area contributed by atoms with E-state index in [0.29, 0.717) is 28.6 Å². The van der Waals surface area contributed by atoms with Gasteiger partial charge in [-0.05, 0) is 65.4 Å². The van der Waals surface area contributed by atoms with E-state index < -0.39 is 0 Å². The largest absolute Gasteiger partial charge is 0.509 e. The van der Waals surface area contributed by atoms with E-state index in [1.165, 1.54) is 37.8 Å². The Bertz CT molecular complexity index is 623. The van der Waals surface area contributed by atoms with Gasteiger partial charge in [0.15, 0.2) is 0 Å². The average Bonchev–Trinajstić information content (AvgIpc) is 2.72. The van der Waals surface area contributed by atoms with Crippen molar-refractivity contribution < 1.29 is 9.50 Å². The van der Waals surface area contributed by atoms with E-state index in [2.05, 4.69) is 67.9 Å². The van der Waals surface area contributed by atoms with Crippen molar-refractivity contribution in [3.63, 3.8) is 0 Å². The summed E-state index contributed by atoms with van der Waals surface area (Å²) in [5, 5.41) is 9.09. The second kappa shape index (κ2) is 17.8. The quantitative estimate of drug-likeness (QED) is 0.214. The Kier molecular flexibility index (Phi) is 18.0. The van der Waals surface area contributed by atoms with Crippen molar-refractivity contribution in [2.75, 3.05) is 0 Å². The lowest BCUT2D eigenvalue weighted by Gasteiger charge is -2.23. The third-order valence-electron chi connectivity index (χ3n) is 5.93. The molecule has 0 saturated heterocycles. The summed E-state index contributed by atoms with van der Waals surface area (Å²) in [6.07, 6.45) is 11.4. The first kappa shape index (κ1) is 31.4. The Morgan fingerprint density at radius 2 is 1.29 bits per heavy atom. The Morgan fingerprint density at radius 3 is 1.74 bits per heavy atom. The lowest BCUT2D eigenvalue weighted by molar-refractivity contribution is 0.300. The zero-order valence-electron chi connectivity index (χ0n) is 21.4. The lowest BCUT2D eigenvalue weighted by atomic mass is 9.83. The molecule has 1 N–H and O–H groups in total. The highest BCUT2D eigenvalue weighted by molar-refractivity contribution is 5.46. The molecular weight excluding hydrogens is 383 g/mol. The standard InChI is InChI=1S/C26H41FO.C3H8/c1-10-18(2)11-12-19(3)20(4)13-14-22(6)25(9)26(27)17-23(7)21(5)15-16-24(8)28;1-3-2/h15-20,22,28H,5,7-14H2,1-4,6H3;3H2,1-2H3/b16-15-,26-17+;. The van der Waals surface area contributed by atoms with Gasteiger partial charge in [-0.15, -0.1) is 0 Å². The molecule has 178 valence electrons. The van der Waals surface area contributed by atoms with Gasteiger partial charge in [0, 0.05) is 0 Å². The predicted molar refractivity (Wildman–Crippen MR) is 139 cm³/mol. The molecular formula is C29H49FO. The maximum absolute atomic E-state index is 14.6. The first-order valence-corrected chi connectivity index (χ1v) is 11.9. The van der Waals surface area contributed by atoms with E-state index in [4.69, 9.17) is 5.11 Å². The molecule has 0 spiro atoms. The number of aliphatic hydroxyl groups excluding tert-OH is 1. The number of aliphatic hydroxyl groups is 1. The van der Waals surface area contributed by atoms with E-state index in [1.807, 2.05) is 6.92 Å². The number of rotatable bonds is 14. The summed E-state index contributed by atoms with van der Waals surface area (Å²) in [7, 11) is 0. The number of hydrogen-bond acceptors (Lipinski definition) is 1. The van der Waals surface area contributed by atoms with Crippen LogP contribution >= 0.6 is 0 Å². The summed E-state index contributed by atoms with van der Waals surface area (Å²) in [6.45, 7) is 30.4. The molecule has 0 rings (SSSR count). The van der Waals surface area contributed by atoms with E-state index in [0.717, 1.165) is 18.8 Å². The maximum atomic E-state index is 14.6. The molecule has 2 heteroatoms. The minimum absolute atomic E-state index is 0.0780. The molecule has 4 atom stereocenters. The van der Waals surface area contributed by atoms with Crippen molar-refractivity contribution in [1.29, 1.82) is 0 Å². The highest BCUT2D eigenvalue weighted by atomic mass is 19.1. The molecule has 0 saturated carbocycles. The van der Waals surface area contributed by atoms with Crippen LogP contribution in [-0.2, 0) is 0 Å². The smallest absolute Gasteiger partial charge is 0.126 e. The summed E-state index contributed by atoms with van der Waals surface area (Å²) in [4.78, 5) is 0. The third-order valence-corrected chi connectivity index (χ3v) is 5.93. The summed E-state index contributed by atoms with van der Waals surface area (Å²) >= 11 is 0. The van der Waals surface area contributed by atoms with E-state index >= 15 is 0 Å². The van der Waals surface area contributed by atoms with Crippen LogP contribution in [0.15, 0.2) is 72.8 Å². The van der Waals surface area contributed by atoms with Crippen LogP contribution in [-0.4, -0.2) is 5.11 Å². The second-order valence-electron chi connectivity index (χ2n) is 9.12. The molecule has 0 radical (unpaired) electrons. The molecule has 0 amide bonds. The Labute approximate surface area is 193 Å². The van der Waals surface area contributed by atoms with Gasteiger partial charge in [-0.3, -0.25) is 0 Å². The molecule has 0 aliphatic heterocycles. The Hall–Kier alpha value is -1.83. The van der Waals surface area contributed by atoms with Crippen LogP contribution in [0.2, 0.25) is 0 Å². The van der Waals surface area contributed by atoms with Crippen LogP contribution in [0.5, 0.6) is 0 Å². The van der Waals surface area contributed by atoms with Gasteiger partial charge in [0.2, 0.25) is 0 Å². The van der Waals surface area contributed by atoms with Gasteiger partial charge in [-0.1, -0.05) is 107 Å². The second-order valence-corrected chi connectivity index (χ2v) is 9.12. The molecule has 0 aliphatic carbocycles. The van der Waals surface area contributed by atoms with E-state index in [9.17, 15) is 4.39 Å². The van der Waals surface area contributed by atoms with E-state index in [1.54, 1.807) is 6.08 Å². The van der Waals surface area contributed by atoms with Gasteiger partial charge >= 0.3 is 0 Å². The van der Waals surface area contributed by atoms with Crippen molar-refractivity contribution in [3.05, 3.63) is 72.8 Å². The minimum atomic E-state index is -0.354. The highest BCUT2D eigenvalue weighted by Gasteiger charge is 2.17. The van der Waals surface area contributed by atoms with Gasteiger partial charge in [0.05, 0.1) is 0 Å². The van der Waals surface area contributed by atoms with Crippen LogP contribution < -0.4 is 0 Å². The molecule has 0 aromatic heterocycles. The maximum Gasteiger partial charge on any atom is 0.126 e. The van der Waals surface area contributed by atoms with Crippen molar-refractivity contribution in [3.8, 4) is 0 Å². The molecule has 0 aromatic carbocycles. The fourth-order valence-electron chi connectivity index (χ4n) is 2.89. The van der Waals surface area contributed by atoms with Crippen LogP contribution in [0.25, 0.3) is 0 Å². The van der Waals surface area contributed by atoms with Crippen LogP contribution in [0.4, 0.5) is 4.39 Å². The minimum Gasteiger partial charge on any atom is -0.509 e. The molecule has 0 heterocycles. The molecule has 1 nitrogen and oxygen atoms in total. The van der Waals surface area contributed by atoms with Gasteiger partial charge < -0.3 is 5.11 Å². The van der Waals surface area contributed by atoms with Crippen molar-refractivity contribution in [2.24, 2.45) is 23.7 Å². The Morgan fingerprint density at radius 1 is 0.806 bits per heavy atom. The van der Waals surface area contributed by atoms with Gasteiger partial charge in [-0.2, -0.15) is 0 Å². The van der Waals surface area contributed by atoms with Crippen molar-refractivity contribution in [2.45, 2.75) is 87.0 Å². The summed E-state index contributed by atoms with van der Waals surface area (Å²) in [5.74, 6) is 1.75. The Balaban J connectivity index is 0. The highest BCUT2D eigenvalue weighted by Crippen LogP contribution is 2.30. The molecule has 0 fully saturated rings. The summed E-state index contributed by atoms with van der Waals surface area (Å²) in [5.41, 5.74) is 1.48.